The Morgan fingerprint density at radius 1 is 1.35 bits per heavy atom. The third-order valence-electron chi connectivity index (χ3n) is 5.39. The van der Waals surface area contributed by atoms with Gasteiger partial charge in [0.2, 0.25) is 0 Å². The highest BCUT2D eigenvalue weighted by Crippen LogP contribution is 2.28. The molecule has 2 atom stereocenters. The Balaban J connectivity index is 1.62. The van der Waals surface area contributed by atoms with Gasteiger partial charge >= 0.3 is 0 Å². The molecule has 5 heteroatoms. The standard InChI is InChI=1S/C18H27N5/c1-13(2)22-10-7-14(12-22)11-17-21-15-5-3-9-20-18(15)23(17)16-6-4-8-19-16/h3,5,9,13-14,16,19H,4,6-8,10-12H2,1-2H3. The Kier molecular flexibility index (Phi) is 4.07. The molecular weight excluding hydrogens is 286 g/mol. The van der Waals surface area contributed by atoms with Crippen molar-refractivity contribution in [3.8, 4) is 0 Å². The summed E-state index contributed by atoms with van der Waals surface area (Å²) in [6.07, 6.45) is 7.02. The zero-order chi connectivity index (χ0) is 15.8. The van der Waals surface area contributed by atoms with E-state index >= 15 is 0 Å². The minimum absolute atomic E-state index is 0.368. The predicted molar refractivity (Wildman–Crippen MR) is 92.3 cm³/mol. The Morgan fingerprint density at radius 2 is 2.26 bits per heavy atom. The van der Waals surface area contributed by atoms with Crippen molar-refractivity contribution >= 4 is 11.2 Å². The summed E-state index contributed by atoms with van der Waals surface area (Å²) in [5, 5.41) is 3.62. The number of imidazole rings is 1. The Morgan fingerprint density at radius 3 is 3.00 bits per heavy atom. The number of pyridine rings is 1. The van der Waals surface area contributed by atoms with Gasteiger partial charge in [-0.2, -0.15) is 0 Å². The molecule has 2 aliphatic heterocycles. The largest absolute Gasteiger partial charge is 0.301 e. The van der Waals surface area contributed by atoms with Gasteiger partial charge in [0, 0.05) is 25.2 Å². The van der Waals surface area contributed by atoms with Crippen molar-refractivity contribution < 1.29 is 0 Å². The zero-order valence-electron chi connectivity index (χ0n) is 14.2. The maximum Gasteiger partial charge on any atom is 0.161 e. The normalized spacial score (nSPS) is 25.9. The van der Waals surface area contributed by atoms with E-state index in [0.717, 1.165) is 30.0 Å². The van der Waals surface area contributed by atoms with E-state index in [2.05, 4.69) is 39.7 Å². The summed E-state index contributed by atoms with van der Waals surface area (Å²) in [5.41, 5.74) is 2.08. The van der Waals surface area contributed by atoms with Gasteiger partial charge in [0.1, 0.15) is 11.3 Å². The fourth-order valence-corrected chi connectivity index (χ4v) is 4.09. The molecule has 2 aromatic heterocycles. The molecule has 23 heavy (non-hydrogen) atoms. The van der Waals surface area contributed by atoms with Crippen LogP contribution in [0.3, 0.4) is 0 Å². The van der Waals surface area contributed by atoms with E-state index in [1.165, 1.54) is 38.2 Å². The summed E-state index contributed by atoms with van der Waals surface area (Å²) >= 11 is 0. The van der Waals surface area contributed by atoms with Crippen LogP contribution in [0.4, 0.5) is 0 Å². The van der Waals surface area contributed by atoms with Crippen LogP contribution in [-0.2, 0) is 6.42 Å². The second-order valence-corrected chi connectivity index (χ2v) is 7.30. The van der Waals surface area contributed by atoms with Gasteiger partial charge in [-0.15, -0.1) is 0 Å². The maximum absolute atomic E-state index is 4.93. The van der Waals surface area contributed by atoms with E-state index in [9.17, 15) is 0 Å². The van der Waals surface area contributed by atoms with Crippen LogP contribution in [0.1, 0.15) is 45.1 Å². The van der Waals surface area contributed by atoms with Gasteiger partial charge in [-0.3, -0.25) is 9.88 Å². The van der Waals surface area contributed by atoms with Crippen LogP contribution in [-0.4, -0.2) is 45.1 Å². The van der Waals surface area contributed by atoms with Gasteiger partial charge in [-0.25, -0.2) is 9.97 Å². The third kappa shape index (κ3) is 2.88. The van der Waals surface area contributed by atoms with Crippen molar-refractivity contribution in [1.29, 1.82) is 0 Å². The highest BCUT2D eigenvalue weighted by molar-refractivity contribution is 5.71. The molecule has 2 fully saturated rings. The molecule has 2 aromatic rings. The van der Waals surface area contributed by atoms with Gasteiger partial charge in [0.15, 0.2) is 5.65 Å². The van der Waals surface area contributed by atoms with Crippen LogP contribution in [0.25, 0.3) is 11.2 Å². The molecule has 0 aromatic carbocycles. The van der Waals surface area contributed by atoms with Crippen LogP contribution >= 0.6 is 0 Å². The predicted octanol–water partition coefficient (Wildman–Crippen LogP) is 2.59. The SMILES string of the molecule is CC(C)N1CCC(Cc2nc3cccnc3n2C2CCCN2)C1. The molecule has 0 amide bonds. The van der Waals surface area contributed by atoms with Crippen molar-refractivity contribution in [3.63, 3.8) is 0 Å². The Hall–Kier alpha value is -1.46. The van der Waals surface area contributed by atoms with Crippen LogP contribution in [0.5, 0.6) is 0 Å². The highest BCUT2D eigenvalue weighted by atomic mass is 15.3. The highest BCUT2D eigenvalue weighted by Gasteiger charge is 2.28. The second kappa shape index (κ2) is 6.21. The van der Waals surface area contributed by atoms with Gasteiger partial charge < -0.3 is 4.90 Å². The van der Waals surface area contributed by atoms with Crippen LogP contribution in [0.15, 0.2) is 18.3 Å². The molecule has 0 aliphatic carbocycles. The van der Waals surface area contributed by atoms with Crippen molar-refractivity contribution in [3.05, 3.63) is 24.2 Å². The molecule has 4 rings (SSSR count). The minimum atomic E-state index is 0.368. The molecule has 1 N–H and O–H groups in total. The van der Waals surface area contributed by atoms with Gasteiger partial charge in [-0.1, -0.05) is 0 Å². The van der Waals surface area contributed by atoms with Crippen LogP contribution in [0.2, 0.25) is 0 Å². The monoisotopic (exact) mass is 313 g/mol. The molecular formula is C18H27N5. The summed E-state index contributed by atoms with van der Waals surface area (Å²) in [4.78, 5) is 12.1. The van der Waals surface area contributed by atoms with Gasteiger partial charge in [0.05, 0.1) is 6.17 Å². The number of likely N-dealkylation sites (tertiary alicyclic amines) is 1. The number of nitrogens with zero attached hydrogens (tertiary/aromatic N) is 4. The average Bonchev–Trinajstić information content (AvgIpc) is 3.25. The quantitative estimate of drug-likeness (QED) is 0.942. The van der Waals surface area contributed by atoms with E-state index in [1.54, 1.807) is 0 Å². The summed E-state index contributed by atoms with van der Waals surface area (Å²) in [6, 6.07) is 4.73. The summed E-state index contributed by atoms with van der Waals surface area (Å²) in [5.74, 6) is 1.93. The van der Waals surface area contributed by atoms with Gasteiger partial charge in [-0.05, 0) is 64.3 Å². The maximum atomic E-state index is 4.93. The van der Waals surface area contributed by atoms with E-state index in [4.69, 9.17) is 4.98 Å². The molecule has 0 radical (unpaired) electrons. The lowest BCUT2D eigenvalue weighted by Crippen LogP contribution is -2.29. The fraction of sp³-hybridized carbons (Fsp3) is 0.667. The first kappa shape index (κ1) is 15.1. The van der Waals surface area contributed by atoms with Crippen LogP contribution in [0, 0.1) is 5.92 Å². The smallest absolute Gasteiger partial charge is 0.161 e. The first-order valence-electron chi connectivity index (χ1n) is 9.01. The van der Waals surface area contributed by atoms with E-state index in [0.29, 0.717) is 12.2 Å². The number of fused-ring (bicyclic) bond motifs is 1. The van der Waals surface area contributed by atoms with Crippen molar-refractivity contribution in [2.75, 3.05) is 19.6 Å². The first-order chi connectivity index (χ1) is 11.2. The lowest BCUT2D eigenvalue weighted by atomic mass is 10.0. The average molecular weight is 313 g/mol. The lowest BCUT2D eigenvalue weighted by molar-refractivity contribution is 0.264. The molecule has 2 aliphatic rings. The minimum Gasteiger partial charge on any atom is -0.301 e. The molecule has 0 spiro atoms. The summed E-state index contributed by atoms with van der Waals surface area (Å²) < 4.78 is 2.38. The molecule has 2 saturated heterocycles. The van der Waals surface area contributed by atoms with Crippen molar-refractivity contribution in [2.45, 2.75) is 51.7 Å². The Labute approximate surface area is 138 Å². The van der Waals surface area contributed by atoms with E-state index in [1.807, 2.05) is 12.3 Å². The third-order valence-corrected chi connectivity index (χ3v) is 5.39. The first-order valence-corrected chi connectivity index (χ1v) is 9.01. The number of rotatable bonds is 4. The molecule has 0 saturated carbocycles. The lowest BCUT2D eigenvalue weighted by Gasteiger charge is -2.21. The number of aromatic nitrogens is 3. The van der Waals surface area contributed by atoms with E-state index in [-0.39, 0.29) is 0 Å². The number of hydrogen-bond acceptors (Lipinski definition) is 4. The van der Waals surface area contributed by atoms with Crippen molar-refractivity contribution in [1.82, 2.24) is 24.8 Å². The topological polar surface area (TPSA) is 46.0 Å². The van der Waals surface area contributed by atoms with Crippen molar-refractivity contribution in [2.24, 2.45) is 5.92 Å². The zero-order valence-corrected chi connectivity index (χ0v) is 14.2. The second-order valence-electron chi connectivity index (χ2n) is 7.30. The Bertz CT molecular complexity index is 671. The molecule has 2 unspecified atom stereocenters. The molecule has 5 nitrogen and oxygen atoms in total. The number of hydrogen-bond donors (Lipinski definition) is 1. The fourth-order valence-electron chi connectivity index (χ4n) is 4.09. The summed E-state index contributed by atoms with van der Waals surface area (Å²) in [7, 11) is 0. The molecule has 124 valence electrons. The van der Waals surface area contributed by atoms with Gasteiger partial charge in [0.25, 0.3) is 0 Å². The molecule has 0 bridgehead atoms. The summed E-state index contributed by atoms with van der Waals surface area (Å²) in [6.45, 7) is 8.12. The van der Waals surface area contributed by atoms with Crippen LogP contribution < -0.4 is 5.32 Å². The van der Waals surface area contributed by atoms with E-state index < -0.39 is 0 Å². The number of nitrogens with one attached hydrogen (secondary N) is 1. The molecule has 4 heterocycles.